The third kappa shape index (κ3) is 8.31. The molecule has 0 amide bonds. The van der Waals surface area contributed by atoms with Gasteiger partial charge in [0.1, 0.15) is 11.5 Å². The topological polar surface area (TPSA) is 155 Å². The summed E-state index contributed by atoms with van der Waals surface area (Å²) in [7, 11) is -9.05. The number of anilines is 1. The Labute approximate surface area is 258 Å². The van der Waals surface area contributed by atoms with Crippen LogP contribution in [0.2, 0.25) is 6.32 Å². The molecule has 0 saturated carbocycles. The Balaban J connectivity index is 1.73. The first-order chi connectivity index (χ1) is 20.2. The van der Waals surface area contributed by atoms with E-state index in [9.17, 15) is 29.8 Å². The number of aliphatic hydroxyl groups excluding tert-OH is 1. The number of fused-ring (bicyclic) bond motifs is 2. The molecule has 3 aromatic carbocycles. The Morgan fingerprint density at radius 2 is 1.49 bits per heavy atom. The third-order valence-electron chi connectivity index (χ3n) is 7.31. The molecule has 0 fully saturated rings. The molecule has 4 rings (SSSR count). The molecule has 1 aliphatic rings. The van der Waals surface area contributed by atoms with Gasteiger partial charge in [-0.05, 0) is 23.8 Å². The number of halogens is 1. The molecule has 1 aliphatic heterocycles. The van der Waals surface area contributed by atoms with Crippen LogP contribution in [0.4, 0.5) is 5.69 Å². The van der Waals surface area contributed by atoms with E-state index in [0.29, 0.717) is 47.5 Å². The Morgan fingerprint density at radius 3 is 2.16 bits per heavy atom. The fraction of sp³-hybridized carbons (Fsp3) is 0.357. The molecule has 2 N–H and O–H groups in total. The summed E-state index contributed by atoms with van der Waals surface area (Å²) in [5.74, 6) is -0.275. The standard InChI is InChI=1S/C28H33BClNO9S3/c1-31(12-16-42(35,36)17-13-32)21-7-9-23-26(19-21)40-25-18-20(29-10-14-41(33,34)15-11-30)6-8-22(25)28(23)24-4-2-3-5-27(24)43(37,38)39/h2-9,18-19,28-29,32H,10-17H2,1H3,(H,37,38,39). The van der Waals surface area contributed by atoms with Gasteiger partial charge < -0.3 is 14.7 Å². The van der Waals surface area contributed by atoms with E-state index in [1.807, 2.05) is 12.1 Å². The predicted molar refractivity (Wildman–Crippen MR) is 170 cm³/mol. The van der Waals surface area contributed by atoms with Crippen molar-refractivity contribution in [2.45, 2.75) is 17.1 Å². The summed E-state index contributed by atoms with van der Waals surface area (Å²) in [4.78, 5) is 1.51. The Kier molecular flexibility index (Phi) is 10.5. The minimum Gasteiger partial charge on any atom is -0.457 e. The summed E-state index contributed by atoms with van der Waals surface area (Å²) in [5.41, 5.74) is 3.15. The molecule has 0 aromatic heterocycles. The first-order valence-corrected chi connectivity index (χ1v) is 19.2. The van der Waals surface area contributed by atoms with E-state index in [1.165, 1.54) is 12.1 Å². The molecule has 10 nitrogen and oxygen atoms in total. The van der Waals surface area contributed by atoms with Gasteiger partial charge in [-0.15, -0.1) is 11.6 Å². The maximum absolute atomic E-state index is 12.4. The van der Waals surface area contributed by atoms with Crippen LogP contribution in [0, 0.1) is 0 Å². The molecule has 0 aliphatic carbocycles. The third-order valence-corrected chi connectivity index (χ3v) is 12.0. The van der Waals surface area contributed by atoms with E-state index in [0.717, 1.165) is 5.46 Å². The first kappa shape index (κ1) is 33.3. The molecule has 3 aromatic rings. The van der Waals surface area contributed by atoms with Gasteiger partial charge in [0.15, 0.2) is 27.0 Å². The highest BCUT2D eigenvalue weighted by Gasteiger charge is 2.33. The van der Waals surface area contributed by atoms with Crippen molar-refractivity contribution in [2.75, 3.05) is 54.0 Å². The molecule has 1 atom stereocenters. The van der Waals surface area contributed by atoms with Crippen molar-refractivity contribution in [1.29, 1.82) is 0 Å². The second kappa shape index (κ2) is 13.6. The number of rotatable bonds is 14. The van der Waals surface area contributed by atoms with Gasteiger partial charge in [-0.1, -0.05) is 48.2 Å². The lowest BCUT2D eigenvalue weighted by atomic mass is 9.67. The second-order valence-electron chi connectivity index (χ2n) is 10.4. The number of benzene rings is 3. The van der Waals surface area contributed by atoms with E-state index in [4.69, 9.17) is 21.4 Å². The van der Waals surface area contributed by atoms with E-state index < -0.39 is 42.3 Å². The highest BCUT2D eigenvalue weighted by atomic mass is 35.5. The molecule has 0 bridgehead atoms. The molecular formula is C28H33BClNO9S3. The van der Waals surface area contributed by atoms with Crippen molar-refractivity contribution in [3.8, 4) is 11.5 Å². The van der Waals surface area contributed by atoms with Gasteiger partial charge >= 0.3 is 0 Å². The van der Waals surface area contributed by atoms with E-state index in [1.54, 1.807) is 48.3 Å². The number of sulfone groups is 2. The zero-order chi connectivity index (χ0) is 31.4. The van der Waals surface area contributed by atoms with Gasteiger partial charge in [-0.2, -0.15) is 8.42 Å². The zero-order valence-electron chi connectivity index (χ0n) is 23.5. The van der Waals surface area contributed by atoms with Crippen LogP contribution in [0.1, 0.15) is 22.6 Å². The van der Waals surface area contributed by atoms with Crippen LogP contribution in [-0.4, -0.2) is 91.3 Å². The summed E-state index contributed by atoms with van der Waals surface area (Å²) < 4.78 is 89.5. The number of nitrogens with zero attached hydrogens (tertiary/aromatic N) is 1. The maximum Gasteiger partial charge on any atom is 0.294 e. The number of ether oxygens (including phenoxy) is 1. The average Bonchev–Trinajstić information content (AvgIpc) is 2.93. The summed E-state index contributed by atoms with van der Waals surface area (Å²) in [6.45, 7) is -0.278. The largest absolute Gasteiger partial charge is 0.457 e. The second-order valence-corrected chi connectivity index (χ2v) is 16.8. The lowest BCUT2D eigenvalue weighted by Crippen LogP contribution is -2.27. The van der Waals surface area contributed by atoms with Gasteiger partial charge in [0.2, 0.25) is 0 Å². The fourth-order valence-electron chi connectivity index (χ4n) is 5.09. The number of alkyl halides is 1. The summed E-state index contributed by atoms with van der Waals surface area (Å²) in [6, 6.07) is 17.0. The van der Waals surface area contributed by atoms with Crippen LogP contribution in [0.3, 0.4) is 0 Å². The van der Waals surface area contributed by atoms with Crippen molar-refractivity contribution < 1.29 is 39.6 Å². The maximum atomic E-state index is 12.4. The van der Waals surface area contributed by atoms with Gasteiger partial charge in [0.05, 0.1) is 28.8 Å². The molecule has 0 radical (unpaired) electrons. The minimum absolute atomic E-state index is 0.00538. The smallest absolute Gasteiger partial charge is 0.294 e. The van der Waals surface area contributed by atoms with Crippen LogP contribution in [0.15, 0.2) is 65.6 Å². The Hall–Kier alpha value is -2.62. The Morgan fingerprint density at radius 1 is 0.837 bits per heavy atom. The summed E-state index contributed by atoms with van der Waals surface area (Å²) in [5, 5.41) is 9.02. The molecule has 0 spiro atoms. The number of aliphatic hydroxyl groups is 1. The minimum atomic E-state index is -4.56. The van der Waals surface area contributed by atoms with Gasteiger partial charge in [0.25, 0.3) is 10.1 Å². The van der Waals surface area contributed by atoms with Crippen molar-refractivity contribution in [3.63, 3.8) is 0 Å². The van der Waals surface area contributed by atoms with Crippen LogP contribution >= 0.6 is 11.6 Å². The summed E-state index contributed by atoms with van der Waals surface area (Å²) in [6.07, 6.45) is 0.387. The van der Waals surface area contributed by atoms with Gasteiger partial charge in [-0.25, -0.2) is 16.8 Å². The quantitative estimate of drug-likeness (QED) is 0.116. The average molecular weight is 670 g/mol. The molecule has 1 unspecified atom stereocenters. The van der Waals surface area contributed by atoms with Crippen LogP contribution in [-0.2, 0) is 29.8 Å². The lowest BCUT2D eigenvalue weighted by molar-refractivity contribution is 0.319. The molecule has 232 valence electrons. The van der Waals surface area contributed by atoms with Gasteiger partial charge in [0, 0.05) is 54.0 Å². The van der Waals surface area contributed by atoms with Crippen LogP contribution in [0.5, 0.6) is 11.5 Å². The fourth-order valence-corrected chi connectivity index (χ4v) is 8.58. The zero-order valence-corrected chi connectivity index (χ0v) is 26.7. The predicted octanol–water partition coefficient (Wildman–Crippen LogP) is 2.20. The number of hydrogen-bond acceptors (Lipinski definition) is 9. The highest BCUT2D eigenvalue weighted by Crippen LogP contribution is 2.49. The van der Waals surface area contributed by atoms with E-state index in [2.05, 4.69) is 0 Å². The summed E-state index contributed by atoms with van der Waals surface area (Å²) >= 11 is 5.60. The number of hydrogen-bond donors (Lipinski definition) is 2. The monoisotopic (exact) mass is 669 g/mol. The Bertz CT molecular complexity index is 1800. The molecule has 43 heavy (non-hydrogen) atoms. The van der Waals surface area contributed by atoms with Crippen molar-refractivity contribution in [1.82, 2.24) is 0 Å². The molecule has 1 heterocycles. The van der Waals surface area contributed by atoms with Crippen LogP contribution in [0.25, 0.3) is 0 Å². The van der Waals surface area contributed by atoms with Gasteiger partial charge in [-0.3, -0.25) is 4.55 Å². The van der Waals surface area contributed by atoms with Crippen LogP contribution < -0.4 is 15.1 Å². The SMILES string of the molecule is CN(CCS(=O)(=O)CCO)c1ccc2c(c1)Oc1cc(BCCS(=O)(=O)CCCl)ccc1C2c1ccccc1S(=O)(=O)O. The molecular weight excluding hydrogens is 637 g/mol. The van der Waals surface area contributed by atoms with Crippen molar-refractivity contribution in [2.24, 2.45) is 0 Å². The first-order valence-electron chi connectivity index (χ1n) is 13.5. The van der Waals surface area contributed by atoms with E-state index >= 15 is 0 Å². The molecule has 15 heteroatoms. The highest BCUT2D eigenvalue weighted by molar-refractivity contribution is 7.91. The van der Waals surface area contributed by atoms with E-state index in [-0.39, 0.29) is 40.3 Å². The lowest BCUT2D eigenvalue weighted by Gasteiger charge is -2.31. The molecule has 0 saturated heterocycles. The van der Waals surface area contributed by atoms with Crippen molar-refractivity contribution >= 4 is 59.8 Å². The van der Waals surface area contributed by atoms with Crippen molar-refractivity contribution in [3.05, 3.63) is 77.4 Å². The normalized spacial score (nSPS) is 14.8.